The Balaban J connectivity index is 4.30. The summed E-state index contributed by atoms with van der Waals surface area (Å²) in [5, 5.41) is 0. The molecular weight excluding hydrogens is 781 g/mol. The highest BCUT2D eigenvalue weighted by atomic mass is 16.6. The molecule has 6 heteroatoms. The number of hydrogen-bond donors (Lipinski definition) is 0. The lowest BCUT2D eigenvalue weighted by atomic mass is 10.0. The standard InChI is InChI=1S/C57H102O6/c1-4-7-10-13-16-19-21-23-25-27-28-30-31-33-35-38-41-44-47-50-56(59)62-53-54(52-61-55(58)49-46-43-40-37-18-15-12-9-6-3)63-57(60)51-48-45-42-39-36-34-32-29-26-24-22-20-17-14-11-8-5-2/h9,12,18,24,26,37,43,46,54H,4-8,10-11,13-17,19-23,25,27-36,38-42,44-45,47-53H2,1-3H3/b12-9-,26-24-,37-18-,46-43-. The number of unbranched alkanes of at least 4 members (excludes halogenated alkanes) is 31. The largest absolute Gasteiger partial charge is 0.462 e. The van der Waals surface area contributed by atoms with Crippen molar-refractivity contribution in [1.29, 1.82) is 0 Å². The van der Waals surface area contributed by atoms with Gasteiger partial charge in [-0.1, -0.05) is 249 Å². The van der Waals surface area contributed by atoms with Crippen LogP contribution in [0.15, 0.2) is 48.6 Å². The van der Waals surface area contributed by atoms with Gasteiger partial charge in [-0.05, 0) is 57.8 Å². The fourth-order valence-corrected chi connectivity index (χ4v) is 7.79. The first-order valence-corrected chi connectivity index (χ1v) is 27.1. The summed E-state index contributed by atoms with van der Waals surface area (Å²) in [6, 6.07) is 0. The van der Waals surface area contributed by atoms with Crippen molar-refractivity contribution in [2.24, 2.45) is 0 Å². The minimum Gasteiger partial charge on any atom is -0.462 e. The van der Waals surface area contributed by atoms with Crippen molar-refractivity contribution in [1.82, 2.24) is 0 Å². The van der Waals surface area contributed by atoms with Gasteiger partial charge in [0.05, 0.1) is 6.42 Å². The van der Waals surface area contributed by atoms with E-state index in [-0.39, 0.29) is 31.6 Å². The van der Waals surface area contributed by atoms with E-state index in [2.05, 4.69) is 57.2 Å². The first-order valence-electron chi connectivity index (χ1n) is 27.1. The van der Waals surface area contributed by atoms with Gasteiger partial charge in [0.2, 0.25) is 0 Å². The van der Waals surface area contributed by atoms with Crippen molar-refractivity contribution in [3.63, 3.8) is 0 Å². The molecule has 0 heterocycles. The highest BCUT2D eigenvalue weighted by molar-refractivity contribution is 5.72. The normalized spacial score (nSPS) is 12.4. The van der Waals surface area contributed by atoms with Crippen molar-refractivity contribution in [2.45, 2.75) is 284 Å². The van der Waals surface area contributed by atoms with Crippen LogP contribution in [0.4, 0.5) is 0 Å². The molecule has 0 radical (unpaired) electrons. The molecule has 1 unspecified atom stereocenters. The third kappa shape index (κ3) is 50.2. The summed E-state index contributed by atoms with van der Waals surface area (Å²) >= 11 is 0. The Morgan fingerprint density at radius 2 is 0.683 bits per heavy atom. The molecule has 0 saturated carbocycles. The Hall–Kier alpha value is -2.63. The van der Waals surface area contributed by atoms with Crippen LogP contribution in [0.2, 0.25) is 0 Å². The molecule has 0 saturated heterocycles. The Bertz CT molecular complexity index is 1110. The maximum Gasteiger partial charge on any atom is 0.309 e. The summed E-state index contributed by atoms with van der Waals surface area (Å²) in [6.07, 6.45) is 62.9. The Labute approximate surface area is 390 Å². The van der Waals surface area contributed by atoms with E-state index >= 15 is 0 Å². The summed E-state index contributed by atoms with van der Waals surface area (Å²) in [6.45, 7) is 6.45. The summed E-state index contributed by atoms with van der Waals surface area (Å²) in [7, 11) is 0. The van der Waals surface area contributed by atoms with Gasteiger partial charge in [-0.2, -0.15) is 0 Å². The van der Waals surface area contributed by atoms with Gasteiger partial charge in [-0.3, -0.25) is 14.4 Å². The third-order valence-corrected chi connectivity index (χ3v) is 11.9. The van der Waals surface area contributed by atoms with E-state index in [4.69, 9.17) is 14.2 Å². The van der Waals surface area contributed by atoms with Gasteiger partial charge in [0, 0.05) is 12.8 Å². The van der Waals surface area contributed by atoms with Gasteiger partial charge in [-0.15, -0.1) is 0 Å². The molecule has 1 atom stereocenters. The molecule has 0 N–H and O–H groups in total. The van der Waals surface area contributed by atoms with Crippen LogP contribution in [-0.2, 0) is 28.6 Å². The second-order valence-corrected chi connectivity index (χ2v) is 18.1. The van der Waals surface area contributed by atoms with Crippen LogP contribution in [0.1, 0.15) is 278 Å². The van der Waals surface area contributed by atoms with Crippen LogP contribution in [-0.4, -0.2) is 37.2 Å². The SMILES string of the molecule is CC/C=C\C/C=C\C/C=C\CC(=O)OCC(COC(=O)CCCCCCCCCCCCCCCCCCCCC)OC(=O)CCCCCCCCC/C=C\CCCCCCCC. The zero-order chi connectivity index (χ0) is 45.8. The second kappa shape index (κ2) is 52.0. The Kier molecular flexibility index (Phi) is 49.8. The topological polar surface area (TPSA) is 78.9 Å². The fourth-order valence-electron chi connectivity index (χ4n) is 7.79. The first kappa shape index (κ1) is 60.4. The lowest BCUT2D eigenvalue weighted by molar-refractivity contribution is -0.166. The van der Waals surface area contributed by atoms with Crippen molar-refractivity contribution >= 4 is 17.9 Å². The fraction of sp³-hybridized carbons (Fsp3) is 0.807. The second-order valence-electron chi connectivity index (χ2n) is 18.1. The molecule has 0 aliphatic carbocycles. The molecule has 0 aromatic heterocycles. The molecule has 0 aliphatic heterocycles. The van der Waals surface area contributed by atoms with E-state index in [1.807, 2.05) is 6.08 Å². The molecule has 0 rings (SSSR count). The van der Waals surface area contributed by atoms with Gasteiger partial charge in [0.1, 0.15) is 13.2 Å². The monoisotopic (exact) mass is 883 g/mol. The quantitative estimate of drug-likeness (QED) is 0.0262. The number of ether oxygens (including phenoxy) is 3. The summed E-state index contributed by atoms with van der Waals surface area (Å²) < 4.78 is 16.7. The van der Waals surface area contributed by atoms with E-state index in [0.717, 1.165) is 57.8 Å². The van der Waals surface area contributed by atoms with Crippen molar-refractivity contribution < 1.29 is 28.6 Å². The van der Waals surface area contributed by atoms with Gasteiger partial charge >= 0.3 is 17.9 Å². The maximum atomic E-state index is 12.8. The van der Waals surface area contributed by atoms with E-state index in [0.29, 0.717) is 12.8 Å². The average Bonchev–Trinajstić information content (AvgIpc) is 3.28. The number of carbonyl (C=O) groups is 3. The Morgan fingerprint density at radius 3 is 1.10 bits per heavy atom. The smallest absolute Gasteiger partial charge is 0.309 e. The first-order chi connectivity index (χ1) is 31.0. The predicted octanol–water partition coefficient (Wildman–Crippen LogP) is 17.9. The van der Waals surface area contributed by atoms with Crippen LogP contribution in [0.25, 0.3) is 0 Å². The lowest BCUT2D eigenvalue weighted by Crippen LogP contribution is -2.30. The molecule has 0 spiro atoms. The number of allylic oxidation sites excluding steroid dienone is 7. The van der Waals surface area contributed by atoms with Gasteiger partial charge in [0.25, 0.3) is 0 Å². The van der Waals surface area contributed by atoms with Crippen LogP contribution in [0.3, 0.4) is 0 Å². The molecular formula is C57H102O6. The third-order valence-electron chi connectivity index (χ3n) is 11.9. The van der Waals surface area contributed by atoms with E-state index in [1.165, 1.54) is 180 Å². The molecule has 6 nitrogen and oxygen atoms in total. The predicted molar refractivity (Wildman–Crippen MR) is 270 cm³/mol. The molecule has 0 fully saturated rings. The van der Waals surface area contributed by atoms with Gasteiger partial charge in [0.15, 0.2) is 6.10 Å². The van der Waals surface area contributed by atoms with Crippen LogP contribution < -0.4 is 0 Å². The Morgan fingerprint density at radius 1 is 0.349 bits per heavy atom. The van der Waals surface area contributed by atoms with Gasteiger partial charge in [-0.25, -0.2) is 0 Å². The van der Waals surface area contributed by atoms with Crippen LogP contribution >= 0.6 is 0 Å². The molecule has 0 amide bonds. The zero-order valence-corrected chi connectivity index (χ0v) is 41.8. The number of esters is 3. The summed E-state index contributed by atoms with van der Waals surface area (Å²) in [5.74, 6) is -1.02. The van der Waals surface area contributed by atoms with Crippen molar-refractivity contribution in [3.05, 3.63) is 48.6 Å². The highest BCUT2D eigenvalue weighted by Gasteiger charge is 2.19. The van der Waals surface area contributed by atoms with Crippen LogP contribution in [0, 0.1) is 0 Å². The molecule has 366 valence electrons. The minimum atomic E-state index is -0.807. The van der Waals surface area contributed by atoms with E-state index in [9.17, 15) is 14.4 Å². The highest BCUT2D eigenvalue weighted by Crippen LogP contribution is 2.16. The minimum absolute atomic E-state index is 0.0989. The summed E-state index contributed by atoms with van der Waals surface area (Å²) in [4.78, 5) is 37.9. The number of carbonyl (C=O) groups excluding carboxylic acids is 3. The lowest BCUT2D eigenvalue weighted by Gasteiger charge is -2.18. The van der Waals surface area contributed by atoms with Crippen molar-refractivity contribution in [3.8, 4) is 0 Å². The van der Waals surface area contributed by atoms with Gasteiger partial charge < -0.3 is 14.2 Å². The molecule has 0 bridgehead atoms. The zero-order valence-electron chi connectivity index (χ0n) is 41.8. The molecule has 0 aromatic carbocycles. The van der Waals surface area contributed by atoms with E-state index < -0.39 is 12.1 Å². The molecule has 63 heavy (non-hydrogen) atoms. The number of rotatable bonds is 49. The average molecular weight is 883 g/mol. The van der Waals surface area contributed by atoms with Crippen molar-refractivity contribution in [2.75, 3.05) is 13.2 Å². The van der Waals surface area contributed by atoms with Crippen LogP contribution in [0.5, 0.6) is 0 Å². The summed E-state index contributed by atoms with van der Waals surface area (Å²) in [5.41, 5.74) is 0. The number of hydrogen-bond acceptors (Lipinski definition) is 6. The maximum absolute atomic E-state index is 12.8. The van der Waals surface area contributed by atoms with E-state index in [1.54, 1.807) is 6.08 Å². The molecule has 0 aromatic rings. The molecule has 0 aliphatic rings.